The first kappa shape index (κ1) is 19.5. The molecule has 2 aliphatic heterocycles. The topological polar surface area (TPSA) is 84.0 Å². The third-order valence-electron chi connectivity index (χ3n) is 4.83. The van der Waals surface area contributed by atoms with Gasteiger partial charge in [0.25, 0.3) is 5.24 Å². The Hall–Kier alpha value is -2.81. The number of hydrogen-bond donors (Lipinski definition) is 3. The molecule has 3 N–H and O–H groups in total. The minimum atomic E-state index is -0.122. The van der Waals surface area contributed by atoms with Crippen molar-refractivity contribution < 1.29 is 14.3 Å². The van der Waals surface area contributed by atoms with Gasteiger partial charge in [-0.15, -0.1) is 0 Å². The fraction of sp³-hybridized carbons (Fsp3) is 0.238. The molecule has 2 unspecified atom stereocenters. The number of carbonyl (C=O) groups excluding carboxylic acids is 1. The molecule has 0 aliphatic carbocycles. The van der Waals surface area contributed by atoms with E-state index in [4.69, 9.17) is 9.47 Å². The van der Waals surface area contributed by atoms with Crippen LogP contribution in [-0.2, 0) is 0 Å². The molecular formula is C21H22N4O3S. The van der Waals surface area contributed by atoms with Gasteiger partial charge in [-0.05, 0) is 53.7 Å². The highest BCUT2D eigenvalue weighted by Crippen LogP contribution is 2.33. The number of methoxy groups -OCH3 is 2. The van der Waals surface area contributed by atoms with E-state index in [0.717, 1.165) is 34.2 Å². The highest BCUT2D eigenvalue weighted by atomic mass is 32.2. The van der Waals surface area contributed by atoms with Gasteiger partial charge in [0, 0.05) is 12.5 Å². The zero-order valence-corrected chi connectivity index (χ0v) is 17.0. The fourth-order valence-electron chi connectivity index (χ4n) is 3.32. The summed E-state index contributed by atoms with van der Waals surface area (Å²) in [7, 11) is 3.28. The van der Waals surface area contributed by atoms with Crippen LogP contribution in [0.1, 0.15) is 11.6 Å². The van der Waals surface area contributed by atoms with Crippen LogP contribution in [0.3, 0.4) is 0 Å². The minimum absolute atomic E-state index is 0.0898. The first-order valence-electron chi connectivity index (χ1n) is 9.22. The van der Waals surface area contributed by atoms with Crippen LogP contribution < -0.4 is 25.6 Å². The van der Waals surface area contributed by atoms with Gasteiger partial charge in [0.05, 0.1) is 30.9 Å². The highest BCUT2D eigenvalue weighted by Gasteiger charge is 2.30. The Kier molecular flexibility index (Phi) is 5.84. The number of rotatable bonds is 5. The number of carbonyl (C=O) groups is 1. The second-order valence-electron chi connectivity index (χ2n) is 6.64. The summed E-state index contributed by atoms with van der Waals surface area (Å²) >= 11 is 1.17. The summed E-state index contributed by atoms with van der Waals surface area (Å²) in [6, 6.07) is 15.5. The zero-order chi connectivity index (χ0) is 20.2. The van der Waals surface area contributed by atoms with Crippen molar-refractivity contribution in [1.29, 1.82) is 0 Å². The van der Waals surface area contributed by atoms with Gasteiger partial charge in [-0.2, -0.15) is 0 Å². The molecule has 0 radical (unpaired) electrons. The minimum Gasteiger partial charge on any atom is -0.497 e. The third-order valence-corrected chi connectivity index (χ3v) is 5.67. The normalized spacial score (nSPS) is 24.1. The molecule has 2 aromatic rings. The van der Waals surface area contributed by atoms with Gasteiger partial charge in [0.15, 0.2) is 0 Å². The molecule has 2 heterocycles. The number of benzene rings is 2. The van der Waals surface area contributed by atoms with Crippen molar-refractivity contribution in [2.45, 2.75) is 6.04 Å². The Labute approximate surface area is 173 Å². The van der Waals surface area contributed by atoms with Crippen molar-refractivity contribution in [3.05, 3.63) is 65.1 Å². The summed E-state index contributed by atoms with van der Waals surface area (Å²) < 4.78 is 10.4. The van der Waals surface area contributed by atoms with Crippen LogP contribution in [0.15, 0.2) is 64.5 Å². The van der Waals surface area contributed by atoms with Gasteiger partial charge in [-0.25, -0.2) is 10.4 Å². The summed E-state index contributed by atoms with van der Waals surface area (Å²) in [6.45, 7) is 0.755. The number of hydrogen-bond acceptors (Lipinski definition) is 7. The lowest BCUT2D eigenvalue weighted by molar-refractivity contribution is 0.265. The van der Waals surface area contributed by atoms with Gasteiger partial charge in [0.1, 0.15) is 17.3 Å². The molecule has 2 aliphatic rings. The molecule has 0 spiro atoms. The van der Waals surface area contributed by atoms with E-state index >= 15 is 0 Å². The SMILES string of the molecule is COc1ccc(N=C2NC(=O)S/C2=C\C2CNNC2c2ccc(OC)cc2)cc1. The third kappa shape index (κ3) is 4.45. The maximum atomic E-state index is 12.0. The first-order chi connectivity index (χ1) is 14.2. The summed E-state index contributed by atoms with van der Waals surface area (Å²) in [4.78, 5) is 17.5. The highest BCUT2D eigenvalue weighted by molar-refractivity contribution is 8.18. The second-order valence-corrected chi connectivity index (χ2v) is 7.66. The number of nitrogens with zero attached hydrogens (tertiary/aromatic N) is 1. The Morgan fingerprint density at radius 3 is 2.34 bits per heavy atom. The van der Waals surface area contributed by atoms with Crippen LogP contribution >= 0.6 is 11.8 Å². The van der Waals surface area contributed by atoms with Crippen molar-refractivity contribution >= 4 is 28.5 Å². The number of amides is 1. The average Bonchev–Trinajstić information content (AvgIpc) is 3.35. The molecule has 2 aromatic carbocycles. The van der Waals surface area contributed by atoms with Crippen LogP contribution in [-0.4, -0.2) is 31.8 Å². The van der Waals surface area contributed by atoms with E-state index in [1.165, 1.54) is 11.8 Å². The van der Waals surface area contributed by atoms with Crippen LogP contribution in [0.4, 0.5) is 10.5 Å². The molecule has 150 valence electrons. The van der Waals surface area contributed by atoms with Gasteiger partial charge < -0.3 is 14.8 Å². The fourth-order valence-corrected chi connectivity index (χ4v) is 4.10. The standard InChI is InChI=1S/C21H22N4O3S/c1-27-16-7-3-13(4-8-16)19-14(12-22-25-19)11-18-20(24-21(26)29-18)23-15-5-9-17(28-2)10-6-15/h3-11,14,19,22,25H,12H2,1-2H3,(H,23,24,26)/b18-11-. The van der Waals surface area contributed by atoms with E-state index in [9.17, 15) is 4.79 Å². The Morgan fingerprint density at radius 2 is 1.69 bits per heavy atom. The quantitative estimate of drug-likeness (QED) is 0.699. The summed E-state index contributed by atoms with van der Waals surface area (Å²) in [5, 5.41) is 2.72. The van der Waals surface area contributed by atoms with E-state index in [0.29, 0.717) is 5.84 Å². The Bertz CT molecular complexity index is 941. The lowest BCUT2D eigenvalue weighted by Gasteiger charge is -2.16. The van der Waals surface area contributed by atoms with Gasteiger partial charge in [-0.1, -0.05) is 18.2 Å². The lowest BCUT2D eigenvalue weighted by Crippen LogP contribution is -2.24. The predicted octanol–water partition coefficient (Wildman–Crippen LogP) is 3.54. The number of ether oxygens (including phenoxy) is 2. The van der Waals surface area contributed by atoms with Crippen LogP contribution in [0, 0.1) is 5.92 Å². The molecule has 0 bridgehead atoms. The predicted molar refractivity (Wildman–Crippen MR) is 115 cm³/mol. The maximum Gasteiger partial charge on any atom is 0.289 e. The van der Waals surface area contributed by atoms with Crippen molar-refractivity contribution in [2.24, 2.45) is 10.9 Å². The van der Waals surface area contributed by atoms with Crippen molar-refractivity contribution in [3.63, 3.8) is 0 Å². The Balaban J connectivity index is 1.58. The number of amidine groups is 1. The molecule has 1 amide bonds. The van der Waals surface area contributed by atoms with Crippen molar-refractivity contribution in [3.8, 4) is 11.5 Å². The first-order valence-corrected chi connectivity index (χ1v) is 10.0. The largest absolute Gasteiger partial charge is 0.497 e. The molecule has 2 saturated heterocycles. The van der Waals surface area contributed by atoms with E-state index in [1.54, 1.807) is 14.2 Å². The monoisotopic (exact) mass is 410 g/mol. The average molecular weight is 410 g/mol. The van der Waals surface area contributed by atoms with E-state index in [2.05, 4.69) is 27.2 Å². The van der Waals surface area contributed by atoms with E-state index in [-0.39, 0.29) is 17.2 Å². The number of hydrazine groups is 1. The molecule has 7 nitrogen and oxygen atoms in total. The van der Waals surface area contributed by atoms with E-state index < -0.39 is 0 Å². The Morgan fingerprint density at radius 1 is 1.03 bits per heavy atom. The number of nitrogens with one attached hydrogen (secondary N) is 3. The van der Waals surface area contributed by atoms with Crippen LogP contribution in [0.5, 0.6) is 11.5 Å². The lowest BCUT2D eigenvalue weighted by atomic mass is 9.94. The van der Waals surface area contributed by atoms with Crippen LogP contribution in [0.25, 0.3) is 0 Å². The molecule has 0 saturated carbocycles. The molecule has 0 aromatic heterocycles. The molecular weight excluding hydrogens is 388 g/mol. The second kappa shape index (κ2) is 8.69. The summed E-state index contributed by atoms with van der Waals surface area (Å²) in [5.41, 5.74) is 8.44. The van der Waals surface area contributed by atoms with Gasteiger partial charge in [0.2, 0.25) is 0 Å². The summed E-state index contributed by atoms with van der Waals surface area (Å²) in [5.74, 6) is 2.33. The molecule has 2 atom stereocenters. The smallest absolute Gasteiger partial charge is 0.289 e. The summed E-state index contributed by atoms with van der Waals surface area (Å²) in [6.07, 6.45) is 2.10. The van der Waals surface area contributed by atoms with Crippen molar-refractivity contribution in [1.82, 2.24) is 16.2 Å². The molecule has 29 heavy (non-hydrogen) atoms. The van der Waals surface area contributed by atoms with Crippen molar-refractivity contribution in [2.75, 3.05) is 20.8 Å². The number of thioether (sulfide) groups is 1. The van der Waals surface area contributed by atoms with Crippen LogP contribution in [0.2, 0.25) is 0 Å². The van der Waals surface area contributed by atoms with E-state index in [1.807, 2.05) is 48.5 Å². The maximum absolute atomic E-state index is 12.0. The molecule has 4 rings (SSSR count). The molecule has 8 heteroatoms. The van der Waals surface area contributed by atoms with Gasteiger partial charge >= 0.3 is 0 Å². The van der Waals surface area contributed by atoms with Gasteiger partial charge in [-0.3, -0.25) is 10.2 Å². The molecule has 2 fully saturated rings. The zero-order valence-electron chi connectivity index (χ0n) is 16.1. The number of aliphatic imine (C=N–C) groups is 1.